The molecule has 0 spiro atoms. The van der Waals surface area contributed by atoms with E-state index in [1.165, 1.54) is 0 Å². The van der Waals surface area contributed by atoms with Crippen molar-refractivity contribution in [1.82, 2.24) is 9.55 Å². The molecule has 13 heteroatoms. The molecule has 0 radical (unpaired) electrons. The van der Waals surface area contributed by atoms with Gasteiger partial charge in [-0.1, -0.05) is 30.3 Å². The quantitative estimate of drug-likeness (QED) is 0.331. The van der Waals surface area contributed by atoms with E-state index in [1.807, 2.05) is 0 Å². The number of halogens is 6. The number of nitrogens with one attached hydrogen (secondary N) is 1. The van der Waals surface area contributed by atoms with Crippen molar-refractivity contribution in [3.05, 3.63) is 91.9 Å². The third kappa shape index (κ3) is 5.04. The minimum absolute atomic E-state index is 0.232. The van der Waals surface area contributed by atoms with Crippen LogP contribution in [-0.4, -0.2) is 14.5 Å². The van der Waals surface area contributed by atoms with Crippen molar-refractivity contribution in [2.24, 2.45) is 0 Å². The van der Waals surface area contributed by atoms with Gasteiger partial charge in [0.25, 0.3) is 11.2 Å². The summed E-state index contributed by atoms with van der Waals surface area (Å²) in [6.45, 7) is -0.248. The number of nitro groups is 1. The molecule has 1 aromatic heterocycles. The van der Waals surface area contributed by atoms with Gasteiger partial charge in [-0.05, 0) is 17.7 Å². The molecule has 0 bridgehead atoms. The Morgan fingerprint density at radius 1 is 0.969 bits per heavy atom. The highest BCUT2D eigenvalue weighted by Crippen LogP contribution is 2.36. The average Bonchev–Trinajstić information content (AvgIpc) is 2.69. The van der Waals surface area contributed by atoms with Crippen molar-refractivity contribution in [1.29, 1.82) is 0 Å². The molecule has 3 rings (SSSR count). The molecule has 0 saturated heterocycles. The monoisotopic (exact) mass is 458 g/mol. The molecule has 0 unspecified atom stereocenters. The van der Waals surface area contributed by atoms with Gasteiger partial charge < -0.3 is 5.32 Å². The second-order valence-corrected chi connectivity index (χ2v) is 6.48. The van der Waals surface area contributed by atoms with Crippen LogP contribution in [-0.2, 0) is 18.9 Å². The molecule has 0 atom stereocenters. The zero-order valence-corrected chi connectivity index (χ0v) is 15.7. The van der Waals surface area contributed by atoms with Gasteiger partial charge >= 0.3 is 12.4 Å². The van der Waals surface area contributed by atoms with Gasteiger partial charge in [0.15, 0.2) is 5.69 Å². The summed E-state index contributed by atoms with van der Waals surface area (Å²) in [6, 6.07) is 9.75. The van der Waals surface area contributed by atoms with Crippen LogP contribution in [0.4, 0.5) is 43.7 Å². The molecule has 32 heavy (non-hydrogen) atoms. The van der Waals surface area contributed by atoms with E-state index in [2.05, 4.69) is 10.3 Å². The Bertz CT molecular complexity index is 1210. The summed E-state index contributed by atoms with van der Waals surface area (Å²) in [4.78, 5) is 25.9. The van der Waals surface area contributed by atoms with Crippen molar-refractivity contribution >= 4 is 17.3 Å². The number of alkyl halides is 6. The molecule has 0 aliphatic carbocycles. The van der Waals surface area contributed by atoms with Gasteiger partial charge in [-0.2, -0.15) is 26.3 Å². The Kier molecular flexibility index (Phi) is 5.92. The van der Waals surface area contributed by atoms with Crippen molar-refractivity contribution < 1.29 is 31.3 Å². The molecule has 0 saturated carbocycles. The van der Waals surface area contributed by atoms with Crippen LogP contribution in [0.15, 0.2) is 59.4 Å². The topological polar surface area (TPSA) is 90.1 Å². The van der Waals surface area contributed by atoms with E-state index >= 15 is 0 Å². The molecule has 2 aromatic carbocycles. The van der Waals surface area contributed by atoms with Gasteiger partial charge in [0.1, 0.15) is 5.69 Å². The molecule has 7 nitrogen and oxygen atoms in total. The van der Waals surface area contributed by atoms with Gasteiger partial charge in [0, 0.05) is 12.1 Å². The highest BCUT2D eigenvalue weighted by Gasteiger charge is 2.35. The summed E-state index contributed by atoms with van der Waals surface area (Å²) in [6.07, 6.45) is -9.89. The summed E-state index contributed by atoms with van der Waals surface area (Å²) < 4.78 is 79.0. The van der Waals surface area contributed by atoms with Crippen LogP contribution in [0, 0.1) is 10.1 Å². The maximum atomic E-state index is 13.2. The first-order chi connectivity index (χ1) is 14.9. The van der Waals surface area contributed by atoms with E-state index < -0.39 is 51.4 Å². The molecule has 0 amide bonds. The van der Waals surface area contributed by atoms with Gasteiger partial charge in [-0.15, -0.1) is 0 Å². The largest absolute Gasteiger partial charge is 0.433 e. The molecular formula is C19H12F6N4O3. The number of aromatic nitrogens is 2. The first-order valence-corrected chi connectivity index (χ1v) is 8.72. The van der Waals surface area contributed by atoms with E-state index in [-0.39, 0.29) is 18.7 Å². The summed E-state index contributed by atoms with van der Waals surface area (Å²) >= 11 is 0. The fourth-order valence-electron chi connectivity index (χ4n) is 2.75. The number of hydrogen-bond acceptors (Lipinski definition) is 5. The third-order valence-electron chi connectivity index (χ3n) is 4.25. The Morgan fingerprint density at radius 2 is 1.62 bits per heavy atom. The minimum Gasteiger partial charge on any atom is -0.320 e. The molecule has 3 aromatic rings. The Balaban J connectivity index is 2.14. The molecule has 1 heterocycles. The number of rotatable bonds is 5. The second-order valence-electron chi connectivity index (χ2n) is 6.48. The zero-order chi connectivity index (χ0) is 23.7. The van der Waals surface area contributed by atoms with Crippen LogP contribution in [0.5, 0.6) is 0 Å². The maximum Gasteiger partial charge on any atom is 0.433 e. The summed E-state index contributed by atoms with van der Waals surface area (Å²) in [5.74, 6) is -0.725. The SMILES string of the molecule is O=c1cc(C(F)(F)F)nc(Nc2ccc(C(F)(F)F)cc2[N+](=O)[O-])n1Cc1ccccc1. The predicted octanol–water partition coefficient (Wildman–Crippen LogP) is 4.98. The lowest BCUT2D eigenvalue weighted by atomic mass is 10.1. The van der Waals surface area contributed by atoms with E-state index in [1.54, 1.807) is 30.3 Å². The second kappa shape index (κ2) is 8.32. The number of hydrogen-bond donors (Lipinski definition) is 1. The summed E-state index contributed by atoms with van der Waals surface area (Å²) in [5.41, 5.74) is -5.14. The molecule has 0 aliphatic heterocycles. The lowest BCUT2D eigenvalue weighted by Crippen LogP contribution is -2.27. The first kappa shape index (κ1) is 22.8. The highest BCUT2D eigenvalue weighted by molar-refractivity contribution is 5.67. The van der Waals surface area contributed by atoms with Crippen LogP contribution >= 0.6 is 0 Å². The van der Waals surface area contributed by atoms with Crippen LogP contribution in [0.25, 0.3) is 0 Å². The van der Waals surface area contributed by atoms with E-state index in [4.69, 9.17) is 0 Å². The van der Waals surface area contributed by atoms with Gasteiger partial charge in [-0.3, -0.25) is 19.5 Å². The van der Waals surface area contributed by atoms with Crippen LogP contribution < -0.4 is 10.9 Å². The predicted molar refractivity (Wildman–Crippen MR) is 100 cm³/mol. The zero-order valence-electron chi connectivity index (χ0n) is 15.7. The van der Waals surface area contributed by atoms with Crippen LogP contribution in [0.3, 0.4) is 0 Å². The van der Waals surface area contributed by atoms with Gasteiger partial charge in [0.2, 0.25) is 5.95 Å². The first-order valence-electron chi connectivity index (χ1n) is 8.72. The van der Waals surface area contributed by atoms with E-state index in [0.29, 0.717) is 17.7 Å². The minimum atomic E-state index is -5.01. The van der Waals surface area contributed by atoms with Gasteiger partial charge in [0.05, 0.1) is 17.0 Å². The standard InChI is InChI=1S/C19H12F6N4O3/c20-18(21,22)12-6-7-13(14(8-12)29(31)32)26-17-27-15(19(23,24)25)9-16(30)28(17)10-11-4-2-1-3-5-11/h1-9H,10H2,(H,26,27). The lowest BCUT2D eigenvalue weighted by molar-refractivity contribution is -0.384. The molecule has 0 fully saturated rings. The van der Waals surface area contributed by atoms with Crippen LogP contribution in [0.2, 0.25) is 0 Å². The lowest BCUT2D eigenvalue weighted by Gasteiger charge is -2.16. The molecule has 0 aliphatic rings. The van der Waals surface area contributed by atoms with E-state index in [0.717, 1.165) is 4.57 Å². The van der Waals surface area contributed by atoms with Gasteiger partial charge in [-0.25, -0.2) is 4.98 Å². The van der Waals surface area contributed by atoms with Crippen molar-refractivity contribution in [2.75, 3.05) is 5.32 Å². The Morgan fingerprint density at radius 3 is 2.19 bits per heavy atom. The van der Waals surface area contributed by atoms with E-state index in [9.17, 15) is 41.3 Å². The smallest absolute Gasteiger partial charge is 0.320 e. The highest BCUT2D eigenvalue weighted by atomic mass is 19.4. The Hall–Kier alpha value is -3.90. The Labute approximate surface area is 175 Å². The van der Waals surface area contributed by atoms with Crippen LogP contribution in [0.1, 0.15) is 16.8 Å². The fourth-order valence-corrected chi connectivity index (χ4v) is 2.75. The fraction of sp³-hybridized carbons (Fsp3) is 0.158. The third-order valence-corrected chi connectivity index (χ3v) is 4.25. The molecule has 1 N–H and O–H groups in total. The number of benzene rings is 2. The molecule has 168 valence electrons. The molecular weight excluding hydrogens is 446 g/mol. The van der Waals surface area contributed by atoms with Crippen molar-refractivity contribution in [3.8, 4) is 0 Å². The summed E-state index contributed by atoms with van der Waals surface area (Å²) in [5, 5.41) is 13.5. The number of nitro benzene ring substituents is 1. The number of nitrogens with zero attached hydrogens (tertiary/aromatic N) is 3. The van der Waals surface area contributed by atoms with Crippen molar-refractivity contribution in [2.45, 2.75) is 18.9 Å². The maximum absolute atomic E-state index is 13.2. The normalized spacial score (nSPS) is 11.9. The summed E-state index contributed by atoms with van der Waals surface area (Å²) in [7, 11) is 0. The number of anilines is 2. The van der Waals surface area contributed by atoms with Crippen molar-refractivity contribution in [3.63, 3.8) is 0 Å². The average molecular weight is 458 g/mol.